The van der Waals surface area contributed by atoms with Crippen molar-refractivity contribution in [2.24, 2.45) is 11.7 Å². The van der Waals surface area contributed by atoms with Crippen LogP contribution in [-0.4, -0.2) is 29.0 Å². The lowest BCUT2D eigenvalue weighted by Crippen LogP contribution is -2.48. The minimum absolute atomic E-state index is 0.264. The molecule has 5 nitrogen and oxygen atoms in total. The lowest BCUT2D eigenvalue weighted by atomic mass is 9.96. The summed E-state index contributed by atoms with van der Waals surface area (Å²) in [7, 11) is 0. The molecule has 0 spiro atoms. The highest BCUT2D eigenvalue weighted by Crippen LogP contribution is 2.24. The summed E-state index contributed by atoms with van der Waals surface area (Å²) in [5, 5.41) is 0. The van der Waals surface area contributed by atoms with E-state index in [2.05, 4.69) is 9.97 Å². The third-order valence-corrected chi connectivity index (χ3v) is 2.38. The predicted molar refractivity (Wildman–Crippen MR) is 51.5 cm³/mol. The van der Waals surface area contributed by atoms with Gasteiger partial charge in [0, 0.05) is 31.6 Å². The number of amides is 1. The maximum Gasteiger partial charge on any atom is 0.310 e. The van der Waals surface area contributed by atoms with Crippen LogP contribution in [0.4, 0.5) is 10.2 Å². The van der Waals surface area contributed by atoms with Crippen molar-refractivity contribution >= 4 is 11.7 Å². The Morgan fingerprint density at radius 1 is 1.67 bits per heavy atom. The van der Waals surface area contributed by atoms with Crippen LogP contribution < -0.4 is 10.6 Å². The van der Waals surface area contributed by atoms with Gasteiger partial charge in [-0.1, -0.05) is 0 Å². The van der Waals surface area contributed by atoms with Gasteiger partial charge in [0.25, 0.3) is 0 Å². The first kappa shape index (κ1) is 9.82. The summed E-state index contributed by atoms with van der Waals surface area (Å²) in [5.74, 6) is 0.525. The molecule has 6 heteroatoms. The molecule has 1 amide bonds. The zero-order chi connectivity index (χ0) is 10.8. The SMILES string of the molecule is NC(=O)CC1CN(c2ccnc(F)n2)C1. The molecule has 2 heterocycles. The van der Waals surface area contributed by atoms with Gasteiger partial charge in [0.05, 0.1) is 0 Å². The zero-order valence-electron chi connectivity index (χ0n) is 8.06. The fraction of sp³-hybridized carbons (Fsp3) is 0.444. The molecule has 1 aromatic rings. The molecule has 1 aliphatic rings. The van der Waals surface area contributed by atoms with Gasteiger partial charge in [-0.2, -0.15) is 9.37 Å². The Labute approximate surface area is 86.1 Å². The van der Waals surface area contributed by atoms with Gasteiger partial charge < -0.3 is 10.6 Å². The summed E-state index contributed by atoms with van der Waals surface area (Å²) in [5.41, 5.74) is 5.07. The Morgan fingerprint density at radius 2 is 2.40 bits per heavy atom. The lowest BCUT2D eigenvalue weighted by Gasteiger charge is -2.39. The molecule has 80 valence electrons. The number of halogens is 1. The van der Waals surface area contributed by atoms with Crippen LogP contribution in [0.1, 0.15) is 6.42 Å². The molecule has 0 radical (unpaired) electrons. The Hall–Kier alpha value is -1.72. The maximum atomic E-state index is 12.7. The van der Waals surface area contributed by atoms with Crippen LogP contribution in [0, 0.1) is 12.0 Å². The zero-order valence-corrected chi connectivity index (χ0v) is 8.06. The minimum atomic E-state index is -0.731. The quantitative estimate of drug-likeness (QED) is 0.709. The molecule has 0 unspecified atom stereocenters. The van der Waals surface area contributed by atoms with Crippen molar-refractivity contribution < 1.29 is 9.18 Å². The first-order chi connectivity index (χ1) is 7.15. The number of hydrogen-bond donors (Lipinski definition) is 1. The molecule has 2 N–H and O–H groups in total. The van der Waals surface area contributed by atoms with Crippen LogP contribution in [0.25, 0.3) is 0 Å². The molecule has 2 rings (SSSR count). The van der Waals surface area contributed by atoms with Gasteiger partial charge >= 0.3 is 6.08 Å². The van der Waals surface area contributed by atoms with E-state index in [4.69, 9.17) is 5.73 Å². The monoisotopic (exact) mass is 210 g/mol. The van der Waals surface area contributed by atoms with E-state index in [9.17, 15) is 9.18 Å². The van der Waals surface area contributed by atoms with E-state index >= 15 is 0 Å². The van der Waals surface area contributed by atoms with Gasteiger partial charge in [-0.05, 0) is 6.07 Å². The van der Waals surface area contributed by atoms with Gasteiger partial charge in [-0.25, -0.2) is 4.98 Å². The molecule has 1 fully saturated rings. The Bertz CT molecular complexity index is 378. The molecule has 0 aromatic carbocycles. The van der Waals surface area contributed by atoms with Crippen molar-refractivity contribution in [2.45, 2.75) is 6.42 Å². The summed E-state index contributed by atoms with van der Waals surface area (Å²) >= 11 is 0. The van der Waals surface area contributed by atoms with Gasteiger partial charge in [-0.15, -0.1) is 0 Å². The Balaban J connectivity index is 1.92. The molecule has 0 aliphatic carbocycles. The van der Waals surface area contributed by atoms with E-state index in [0.717, 1.165) is 0 Å². The number of nitrogens with two attached hydrogens (primary N) is 1. The van der Waals surface area contributed by atoms with Crippen molar-refractivity contribution in [3.8, 4) is 0 Å². The first-order valence-corrected chi connectivity index (χ1v) is 4.67. The van der Waals surface area contributed by atoms with E-state index < -0.39 is 6.08 Å². The summed E-state index contributed by atoms with van der Waals surface area (Å²) in [4.78, 5) is 19.5. The lowest BCUT2D eigenvalue weighted by molar-refractivity contribution is -0.119. The number of rotatable bonds is 3. The Kier molecular flexibility index (Phi) is 2.49. The highest BCUT2D eigenvalue weighted by molar-refractivity contribution is 5.74. The summed E-state index contributed by atoms with van der Waals surface area (Å²) < 4.78 is 12.7. The van der Waals surface area contributed by atoms with Crippen molar-refractivity contribution in [3.05, 3.63) is 18.3 Å². The van der Waals surface area contributed by atoms with Crippen LogP contribution in [0.5, 0.6) is 0 Å². The van der Waals surface area contributed by atoms with E-state index in [1.165, 1.54) is 6.20 Å². The highest BCUT2D eigenvalue weighted by atomic mass is 19.1. The molecule has 1 saturated heterocycles. The number of primary amides is 1. The number of nitrogens with zero attached hydrogens (tertiary/aromatic N) is 3. The number of carbonyl (C=O) groups excluding carboxylic acids is 1. The predicted octanol–water partition coefficient (Wildman–Crippen LogP) is -0.0727. The van der Waals surface area contributed by atoms with Crippen LogP contribution in [0.15, 0.2) is 12.3 Å². The van der Waals surface area contributed by atoms with Gasteiger partial charge in [-0.3, -0.25) is 4.79 Å². The third-order valence-electron chi connectivity index (χ3n) is 2.38. The van der Waals surface area contributed by atoms with Crippen molar-refractivity contribution in [3.63, 3.8) is 0 Å². The minimum Gasteiger partial charge on any atom is -0.370 e. The summed E-state index contributed by atoms with van der Waals surface area (Å²) in [6.07, 6.45) is 1.02. The summed E-state index contributed by atoms with van der Waals surface area (Å²) in [6.45, 7) is 1.39. The second kappa shape index (κ2) is 3.80. The Morgan fingerprint density at radius 3 is 3.00 bits per heavy atom. The number of anilines is 1. The topological polar surface area (TPSA) is 72.1 Å². The first-order valence-electron chi connectivity index (χ1n) is 4.67. The molecule has 1 aliphatic heterocycles. The van der Waals surface area contributed by atoms with Crippen LogP contribution in [0.2, 0.25) is 0 Å². The maximum absolute atomic E-state index is 12.7. The van der Waals surface area contributed by atoms with Gasteiger partial charge in [0.1, 0.15) is 5.82 Å². The average Bonchev–Trinajstić information content (AvgIpc) is 2.10. The second-order valence-electron chi connectivity index (χ2n) is 3.63. The van der Waals surface area contributed by atoms with E-state index in [1.54, 1.807) is 6.07 Å². The van der Waals surface area contributed by atoms with E-state index in [0.29, 0.717) is 25.3 Å². The third kappa shape index (κ3) is 2.20. The average molecular weight is 210 g/mol. The number of aromatic nitrogens is 2. The van der Waals surface area contributed by atoms with Gasteiger partial charge in [0.15, 0.2) is 0 Å². The van der Waals surface area contributed by atoms with Gasteiger partial charge in [0.2, 0.25) is 5.91 Å². The molecule has 0 atom stereocenters. The van der Waals surface area contributed by atoms with Crippen molar-refractivity contribution in [1.29, 1.82) is 0 Å². The van der Waals surface area contributed by atoms with Crippen molar-refractivity contribution in [2.75, 3.05) is 18.0 Å². The van der Waals surface area contributed by atoms with Crippen LogP contribution in [-0.2, 0) is 4.79 Å². The van der Waals surface area contributed by atoms with Crippen molar-refractivity contribution in [1.82, 2.24) is 9.97 Å². The fourth-order valence-corrected chi connectivity index (χ4v) is 1.67. The molecule has 1 aromatic heterocycles. The highest BCUT2D eigenvalue weighted by Gasteiger charge is 2.28. The largest absolute Gasteiger partial charge is 0.370 e. The smallest absolute Gasteiger partial charge is 0.310 e. The standard InChI is InChI=1S/C9H11FN4O/c10-9-12-2-1-8(13-9)14-4-6(5-14)3-7(11)15/h1-2,6H,3-5H2,(H2,11,15). The molecule has 0 saturated carbocycles. The summed E-state index contributed by atoms with van der Waals surface area (Å²) in [6, 6.07) is 1.64. The normalized spacial score (nSPS) is 16.2. The second-order valence-corrected chi connectivity index (χ2v) is 3.63. The van der Waals surface area contributed by atoms with Crippen LogP contribution >= 0.6 is 0 Å². The van der Waals surface area contributed by atoms with E-state index in [1.807, 2.05) is 4.90 Å². The van der Waals surface area contributed by atoms with E-state index in [-0.39, 0.29) is 11.8 Å². The molecular weight excluding hydrogens is 199 g/mol. The molecule has 15 heavy (non-hydrogen) atoms. The number of carbonyl (C=O) groups is 1. The molecule has 0 bridgehead atoms. The van der Waals surface area contributed by atoms with Crippen LogP contribution in [0.3, 0.4) is 0 Å². The molecular formula is C9H11FN4O. The number of hydrogen-bond acceptors (Lipinski definition) is 4. The fourth-order valence-electron chi connectivity index (χ4n) is 1.67.